The zero-order chi connectivity index (χ0) is 13.1. The SMILES string of the molecule is NCCCS(=O)(=O)Nc1c(Cl)cc(Cl)cc1Cl. The average Bonchev–Trinajstić information content (AvgIpc) is 2.21. The molecular weight excluding hydrogens is 307 g/mol. The highest BCUT2D eigenvalue weighted by Gasteiger charge is 2.15. The molecule has 1 rings (SSSR count). The van der Waals surface area contributed by atoms with Crippen LogP contribution in [0.15, 0.2) is 12.1 Å². The van der Waals surface area contributed by atoms with Crippen LogP contribution in [0.2, 0.25) is 15.1 Å². The number of anilines is 1. The molecule has 17 heavy (non-hydrogen) atoms. The summed E-state index contributed by atoms with van der Waals surface area (Å²) in [5.74, 6) is -0.0845. The first-order valence-corrected chi connectivity index (χ1v) is 7.49. The van der Waals surface area contributed by atoms with E-state index in [1.807, 2.05) is 0 Å². The fourth-order valence-electron chi connectivity index (χ4n) is 1.12. The van der Waals surface area contributed by atoms with Crippen LogP contribution in [-0.2, 0) is 10.0 Å². The number of halogens is 3. The predicted molar refractivity (Wildman–Crippen MR) is 72.6 cm³/mol. The minimum absolute atomic E-state index is 0.0845. The van der Waals surface area contributed by atoms with Gasteiger partial charge < -0.3 is 5.73 Å². The van der Waals surface area contributed by atoms with Crippen molar-refractivity contribution in [3.8, 4) is 0 Å². The van der Waals surface area contributed by atoms with Gasteiger partial charge in [-0.2, -0.15) is 0 Å². The molecule has 1 aromatic carbocycles. The molecule has 0 radical (unpaired) electrons. The maximum atomic E-state index is 11.6. The molecule has 0 saturated heterocycles. The van der Waals surface area contributed by atoms with Crippen molar-refractivity contribution in [2.45, 2.75) is 6.42 Å². The van der Waals surface area contributed by atoms with Gasteiger partial charge in [0.2, 0.25) is 10.0 Å². The van der Waals surface area contributed by atoms with E-state index in [9.17, 15) is 8.42 Å². The lowest BCUT2D eigenvalue weighted by Gasteiger charge is -2.11. The summed E-state index contributed by atoms with van der Waals surface area (Å²) in [7, 11) is -3.50. The number of benzene rings is 1. The van der Waals surface area contributed by atoms with Crippen LogP contribution in [0, 0.1) is 0 Å². The minimum atomic E-state index is -3.50. The van der Waals surface area contributed by atoms with E-state index in [-0.39, 0.29) is 21.5 Å². The molecule has 8 heteroatoms. The monoisotopic (exact) mass is 316 g/mol. The molecular formula is C9H11Cl3N2O2S. The van der Waals surface area contributed by atoms with E-state index >= 15 is 0 Å². The summed E-state index contributed by atoms with van der Waals surface area (Å²) in [4.78, 5) is 0. The fourth-order valence-corrected chi connectivity index (χ4v) is 3.32. The number of sulfonamides is 1. The van der Waals surface area contributed by atoms with Crippen molar-refractivity contribution < 1.29 is 8.42 Å². The van der Waals surface area contributed by atoms with E-state index in [1.54, 1.807) is 0 Å². The summed E-state index contributed by atoms with van der Waals surface area (Å²) in [6.45, 7) is 0.295. The van der Waals surface area contributed by atoms with Gasteiger partial charge in [-0.15, -0.1) is 0 Å². The van der Waals surface area contributed by atoms with Gasteiger partial charge in [-0.25, -0.2) is 8.42 Å². The normalized spacial score (nSPS) is 11.5. The third-order valence-electron chi connectivity index (χ3n) is 1.88. The number of hydrogen-bond acceptors (Lipinski definition) is 3. The van der Waals surface area contributed by atoms with Gasteiger partial charge in [-0.3, -0.25) is 4.72 Å². The van der Waals surface area contributed by atoms with Crippen LogP contribution in [-0.4, -0.2) is 20.7 Å². The molecule has 0 aliphatic heterocycles. The summed E-state index contributed by atoms with van der Waals surface area (Å²) in [5.41, 5.74) is 5.38. The van der Waals surface area contributed by atoms with Gasteiger partial charge in [0.1, 0.15) is 0 Å². The lowest BCUT2D eigenvalue weighted by molar-refractivity contribution is 0.599. The molecule has 0 unspecified atom stereocenters. The van der Waals surface area contributed by atoms with Crippen molar-refractivity contribution in [2.24, 2.45) is 5.73 Å². The Hall–Kier alpha value is -0.200. The second kappa shape index (κ2) is 6.11. The molecule has 0 bridgehead atoms. The third-order valence-corrected chi connectivity index (χ3v) is 4.04. The predicted octanol–water partition coefficient (Wildman–Crippen LogP) is 2.74. The molecule has 0 fully saturated rings. The zero-order valence-corrected chi connectivity index (χ0v) is 11.8. The average molecular weight is 318 g/mol. The first kappa shape index (κ1) is 14.9. The number of rotatable bonds is 5. The summed E-state index contributed by atoms with van der Waals surface area (Å²) in [6, 6.07) is 2.82. The van der Waals surface area contributed by atoms with Crippen LogP contribution < -0.4 is 10.5 Å². The molecule has 0 spiro atoms. The van der Waals surface area contributed by atoms with Crippen LogP contribution in [0.3, 0.4) is 0 Å². The Labute approximate surface area is 115 Å². The molecule has 0 aliphatic rings. The van der Waals surface area contributed by atoms with E-state index in [1.165, 1.54) is 12.1 Å². The molecule has 0 heterocycles. The standard InChI is InChI=1S/C9H11Cl3N2O2S/c10-6-4-7(11)9(8(12)5-6)14-17(15,16)3-1-2-13/h4-5,14H,1-3,13H2. The first-order chi connectivity index (χ1) is 7.85. The molecule has 1 aromatic rings. The highest BCUT2D eigenvalue weighted by Crippen LogP contribution is 2.34. The van der Waals surface area contributed by atoms with Crippen LogP contribution >= 0.6 is 34.8 Å². The van der Waals surface area contributed by atoms with Gasteiger partial charge in [0.15, 0.2) is 0 Å². The van der Waals surface area contributed by atoms with Gasteiger partial charge in [-0.05, 0) is 25.1 Å². The van der Waals surface area contributed by atoms with Crippen LogP contribution in [0.1, 0.15) is 6.42 Å². The van der Waals surface area contributed by atoms with Crippen molar-refractivity contribution in [2.75, 3.05) is 17.0 Å². The molecule has 96 valence electrons. The van der Waals surface area contributed by atoms with Crippen molar-refractivity contribution >= 4 is 50.5 Å². The van der Waals surface area contributed by atoms with E-state index < -0.39 is 10.0 Å². The van der Waals surface area contributed by atoms with Crippen LogP contribution in [0.4, 0.5) is 5.69 Å². The first-order valence-electron chi connectivity index (χ1n) is 4.71. The van der Waals surface area contributed by atoms with Crippen molar-refractivity contribution in [3.63, 3.8) is 0 Å². The molecule has 0 aliphatic carbocycles. The van der Waals surface area contributed by atoms with E-state index in [2.05, 4.69) is 4.72 Å². The van der Waals surface area contributed by atoms with Crippen LogP contribution in [0.5, 0.6) is 0 Å². The highest BCUT2D eigenvalue weighted by molar-refractivity contribution is 7.92. The fraction of sp³-hybridized carbons (Fsp3) is 0.333. The van der Waals surface area contributed by atoms with Gasteiger partial charge >= 0.3 is 0 Å². The van der Waals surface area contributed by atoms with Gasteiger partial charge in [0.05, 0.1) is 21.5 Å². The molecule has 0 aromatic heterocycles. The van der Waals surface area contributed by atoms with Gasteiger partial charge in [0.25, 0.3) is 0 Å². The molecule has 0 atom stereocenters. The van der Waals surface area contributed by atoms with Crippen molar-refractivity contribution in [3.05, 3.63) is 27.2 Å². The quantitative estimate of drug-likeness (QED) is 0.877. The summed E-state index contributed by atoms with van der Waals surface area (Å²) in [6.07, 6.45) is 0.359. The smallest absolute Gasteiger partial charge is 0.232 e. The Morgan fingerprint density at radius 3 is 2.18 bits per heavy atom. The lowest BCUT2D eigenvalue weighted by atomic mass is 10.3. The van der Waals surface area contributed by atoms with E-state index in [0.717, 1.165) is 0 Å². The second-order valence-corrected chi connectivity index (χ2v) is 6.40. The Morgan fingerprint density at radius 1 is 1.18 bits per heavy atom. The second-order valence-electron chi connectivity index (χ2n) is 3.31. The summed E-state index contributed by atoms with van der Waals surface area (Å²) < 4.78 is 25.6. The Kier molecular flexibility index (Phi) is 5.34. The lowest BCUT2D eigenvalue weighted by Crippen LogP contribution is -2.19. The molecule has 0 saturated carbocycles. The van der Waals surface area contributed by atoms with E-state index in [0.29, 0.717) is 18.0 Å². The maximum Gasteiger partial charge on any atom is 0.232 e. The van der Waals surface area contributed by atoms with E-state index in [4.69, 9.17) is 40.5 Å². The van der Waals surface area contributed by atoms with Gasteiger partial charge in [-0.1, -0.05) is 34.8 Å². The summed E-state index contributed by atoms with van der Waals surface area (Å²) in [5, 5.41) is 0.641. The molecule has 0 amide bonds. The van der Waals surface area contributed by atoms with Crippen molar-refractivity contribution in [1.82, 2.24) is 0 Å². The Morgan fingerprint density at radius 2 is 1.71 bits per heavy atom. The third kappa shape index (κ3) is 4.52. The number of nitrogens with one attached hydrogen (secondary N) is 1. The maximum absolute atomic E-state index is 11.6. The Bertz CT molecular complexity index is 482. The number of hydrogen-bond donors (Lipinski definition) is 2. The topological polar surface area (TPSA) is 72.2 Å². The number of nitrogens with two attached hydrogens (primary N) is 1. The molecule has 3 N–H and O–H groups in total. The van der Waals surface area contributed by atoms with Crippen LogP contribution in [0.25, 0.3) is 0 Å². The zero-order valence-electron chi connectivity index (χ0n) is 8.71. The Balaban J connectivity index is 2.96. The summed E-state index contributed by atoms with van der Waals surface area (Å²) >= 11 is 17.4. The minimum Gasteiger partial charge on any atom is -0.330 e. The molecule has 4 nitrogen and oxygen atoms in total. The van der Waals surface area contributed by atoms with Crippen molar-refractivity contribution in [1.29, 1.82) is 0 Å². The highest BCUT2D eigenvalue weighted by atomic mass is 35.5. The van der Waals surface area contributed by atoms with Gasteiger partial charge in [0, 0.05) is 5.02 Å². The largest absolute Gasteiger partial charge is 0.330 e.